The summed E-state index contributed by atoms with van der Waals surface area (Å²) in [5.74, 6) is -1.94. The summed E-state index contributed by atoms with van der Waals surface area (Å²) in [5, 5.41) is 0. The lowest BCUT2D eigenvalue weighted by Crippen LogP contribution is -2.21. The summed E-state index contributed by atoms with van der Waals surface area (Å²) >= 11 is 0. The van der Waals surface area contributed by atoms with Gasteiger partial charge >= 0.3 is 6.18 Å². The molecule has 1 unspecified atom stereocenters. The van der Waals surface area contributed by atoms with Crippen LogP contribution in [0.3, 0.4) is 0 Å². The van der Waals surface area contributed by atoms with E-state index in [1.165, 1.54) is 0 Å². The normalized spacial score (nSPS) is 12.9. The van der Waals surface area contributed by atoms with Crippen molar-refractivity contribution in [2.75, 3.05) is 0 Å². The zero-order chi connectivity index (χ0) is 10.4. The second-order valence-electron chi connectivity index (χ2n) is 2.35. The van der Waals surface area contributed by atoms with Gasteiger partial charge in [0, 0.05) is 6.42 Å². The van der Waals surface area contributed by atoms with Crippen LogP contribution >= 0.6 is 0 Å². The molecule has 0 aliphatic heterocycles. The summed E-state index contributed by atoms with van der Waals surface area (Å²) < 4.78 is 35.0. The Balaban J connectivity index is 0. The molecule has 0 rings (SSSR count). The topological polar surface area (TPSA) is 17.1 Å². The Morgan fingerprint density at radius 1 is 1.33 bits per heavy atom. The number of rotatable bonds is 2. The Labute approximate surface area is 71.0 Å². The molecule has 0 aliphatic carbocycles. The molecule has 74 valence electrons. The van der Waals surface area contributed by atoms with Crippen molar-refractivity contribution in [2.45, 2.75) is 40.3 Å². The van der Waals surface area contributed by atoms with Gasteiger partial charge in [-0.05, 0) is 6.92 Å². The Kier molecular flexibility index (Phi) is 7.04. The molecule has 1 atom stereocenters. The molecule has 0 aromatic rings. The minimum atomic E-state index is -4.23. The molecular weight excluding hydrogens is 169 g/mol. The third-order valence-corrected chi connectivity index (χ3v) is 1.15. The molecule has 0 aromatic heterocycles. The van der Waals surface area contributed by atoms with E-state index in [1.54, 1.807) is 0 Å². The molecule has 0 heterocycles. The van der Waals surface area contributed by atoms with Crippen LogP contribution in [-0.4, -0.2) is 12.0 Å². The Morgan fingerprint density at radius 2 is 1.67 bits per heavy atom. The van der Waals surface area contributed by atoms with Crippen LogP contribution in [0.25, 0.3) is 0 Å². The van der Waals surface area contributed by atoms with E-state index in [2.05, 4.69) is 0 Å². The van der Waals surface area contributed by atoms with Crippen molar-refractivity contribution in [1.29, 1.82) is 0 Å². The minimum Gasteiger partial charge on any atom is -0.300 e. The molecule has 0 N–H and O–H groups in total. The van der Waals surface area contributed by atoms with Gasteiger partial charge in [0.05, 0.1) is 5.92 Å². The number of hydrogen-bond acceptors (Lipinski definition) is 1. The van der Waals surface area contributed by atoms with Crippen molar-refractivity contribution < 1.29 is 18.0 Å². The summed E-state index contributed by atoms with van der Waals surface area (Å²) in [6.07, 6.45) is -4.64. The largest absolute Gasteiger partial charge is 0.391 e. The van der Waals surface area contributed by atoms with E-state index in [4.69, 9.17) is 0 Å². The van der Waals surface area contributed by atoms with E-state index in [0.717, 1.165) is 13.8 Å². The van der Waals surface area contributed by atoms with E-state index in [0.29, 0.717) is 0 Å². The van der Waals surface area contributed by atoms with Gasteiger partial charge in [-0.25, -0.2) is 0 Å². The first-order chi connectivity index (χ1) is 5.34. The number of alkyl halides is 3. The molecule has 1 nitrogen and oxygen atoms in total. The summed E-state index contributed by atoms with van der Waals surface area (Å²) in [5.41, 5.74) is 0. The zero-order valence-electron chi connectivity index (χ0n) is 7.83. The fourth-order valence-corrected chi connectivity index (χ4v) is 0.547. The van der Waals surface area contributed by atoms with E-state index in [1.807, 2.05) is 13.8 Å². The van der Waals surface area contributed by atoms with Gasteiger partial charge in [-0.15, -0.1) is 0 Å². The van der Waals surface area contributed by atoms with Gasteiger partial charge in [-0.3, -0.25) is 0 Å². The Morgan fingerprint density at radius 3 is 1.75 bits per heavy atom. The summed E-state index contributed by atoms with van der Waals surface area (Å²) in [6, 6.07) is 0. The van der Waals surface area contributed by atoms with Gasteiger partial charge in [0.15, 0.2) is 0 Å². The maximum absolute atomic E-state index is 11.7. The van der Waals surface area contributed by atoms with Crippen molar-refractivity contribution in [3.63, 3.8) is 0 Å². The first kappa shape index (κ1) is 14.0. The lowest BCUT2D eigenvalue weighted by molar-refractivity contribution is -0.173. The van der Waals surface area contributed by atoms with Crippen molar-refractivity contribution in [3.05, 3.63) is 0 Å². The maximum Gasteiger partial charge on any atom is 0.391 e. The van der Waals surface area contributed by atoms with Crippen LogP contribution in [0.4, 0.5) is 13.2 Å². The minimum absolute atomic E-state index is 0.413. The van der Waals surface area contributed by atoms with Gasteiger partial charge in [-0.1, -0.05) is 20.8 Å². The van der Waals surface area contributed by atoms with Crippen molar-refractivity contribution in [3.8, 4) is 0 Å². The number of carbonyl (C=O) groups is 1. The standard InChI is InChI=1S/C6H9F3O.C2H6/c1-4(3-5(2)10)6(7,8)9;1-2/h4H,3H2,1-2H3;1-2H3. The Hall–Kier alpha value is -0.540. The second-order valence-corrected chi connectivity index (χ2v) is 2.35. The van der Waals surface area contributed by atoms with E-state index in [-0.39, 0.29) is 0 Å². The van der Waals surface area contributed by atoms with Gasteiger partial charge < -0.3 is 4.79 Å². The first-order valence-corrected chi connectivity index (χ1v) is 3.90. The van der Waals surface area contributed by atoms with Crippen LogP contribution in [0, 0.1) is 5.92 Å². The summed E-state index contributed by atoms with van der Waals surface area (Å²) in [6.45, 7) is 6.16. The quantitative estimate of drug-likeness (QED) is 0.644. The fourth-order valence-electron chi connectivity index (χ4n) is 0.547. The molecular formula is C8H15F3O. The number of hydrogen-bond donors (Lipinski definition) is 0. The summed E-state index contributed by atoms with van der Waals surface area (Å²) in [4.78, 5) is 10.2. The highest BCUT2D eigenvalue weighted by atomic mass is 19.4. The molecule has 0 saturated heterocycles. The van der Waals surface area contributed by atoms with Gasteiger partial charge in [-0.2, -0.15) is 13.2 Å². The lowest BCUT2D eigenvalue weighted by Gasteiger charge is -2.12. The molecule has 0 spiro atoms. The Bertz CT molecular complexity index is 129. The number of carbonyl (C=O) groups excluding carboxylic acids is 1. The first-order valence-electron chi connectivity index (χ1n) is 3.90. The predicted molar refractivity (Wildman–Crippen MR) is 41.9 cm³/mol. The fraction of sp³-hybridized carbons (Fsp3) is 0.875. The third-order valence-electron chi connectivity index (χ3n) is 1.15. The van der Waals surface area contributed by atoms with Crippen LogP contribution in [0.15, 0.2) is 0 Å². The molecule has 0 amide bonds. The second kappa shape index (κ2) is 6.03. The monoisotopic (exact) mass is 184 g/mol. The number of Topliss-reactive ketones (excluding diaryl/α,β-unsaturated/α-hetero) is 1. The number of halogens is 3. The molecule has 4 heteroatoms. The van der Waals surface area contributed by atoms with Crippen molar-refractivity contribution >= 4 is 5.78 Å². The van der Waals surface area contributed by atoms with Crippen molar-refractivity contribution in [1.82, 2.24) is 0 Å². The van der Waals surface area contributed by atoms with Gasteiger partial charge in [0.1, 0.15) is 5.78 Å². The van der Waals surface area contributed by atoms with Crippen LogP contribution in [0.1, 0.15) is 34.1 Å². The SMILES string of the molecule is CC.CC(=O)CC(C)C(F)(F)F. The highest BCUT2D eigenvalue weighted by molar-refractivity contribution is 5.75. The van der Waals surface area contributed by atoms with E-state index < -0.39 is 24.3 Å². The molecule has 0 aliphatic rings. The molecule has 0 radical (unpaired) electrons. The van der Waals surface area contributed by atoms with Gasteiger partial charge in [0.2, 0.25) is 0 Å². The molecule has 0 fully saturated rings. The average Bonchev–Trinajstić information content (AvgIpc) is 1.88. The third kappa shape index (κ3) is 7.57. The predicted octanol–water partition coefficient (Wildman–Crippen LogP) is 3.19. The average molecular weight is 184 g/mol. The highest BCUT2D eigenvalue weighted by Crippen LogP contribution is 2.27. The van der Waals surface area contributed by atoms with Crippen LogP contribution in [-0.2, 0) is 4.79 Å². The molecule has 0 saturated carbocycles. The molecule has 0 aromatic carbocycles. The highest BCUT2D eigenvalue weighted by Gasteiger charge is 2.36. The van der Waals surface area contributed by atoms with E-state index in [9.17, 15) is 18.0 Å². The van der Waals surface area contributed by atoms with Crippen LogP contribution in [0.2, 0.25) is 0 Å². The zero-order valence-corrected chi connectivity index (χ0v) is 7.83. The lowest BCUT2D eigenvalue weighted by atomic mass is 10.1. The summed E-state index contributed by atoms with van der Waals surface area (Å²) in [7, 11) is 0. The smallest absolute Gasteiger partial charge is 0.300 e. The van der Waals surface area contributed by atoms with E-state index >= 15 is 0 Å². The molecule has 12 heavy (non-hydrogen) atoms. The van der Waals surface area contributed by atoms with Crippen LogP contribution < -0.4 is 0 Å². The van der Waals surface area contributed by atoms with Crippen molar-refractivity contribution in [2.24, 2.45) is 5.92 Å². The van der Waals surface area contributed by atoms with Gasteiger partial charge in [0.25, 0.3) is 0 Å². The number of ketones is 1. The maximum atomic E-state index is 11.7. The molecule has 0 bridgehead atoms. The van der Waals surface area contributed by atoms with Crippen LogP contribution in [0.5, 0.6) is 0 Å².